The van der Waals surface area contributed by atoms with Gasteiger partial charge in [0.1, 0.15) is 0 Å². The maximum Gasteiger partial charge on any atom is 0.342 e. The summed E-state index contributed by atoms with van der Waals surface area (Å²) in [6, 6.07) is 9.47. The number of carbonyl (C=O) groups is 1. The molecule has 0 spiro atoms. The molecule has 84 valence electrons. The summed E-state index contributed by atoms with van der Waals surface area (Å²) in [4.78, 5) is 11.3. The molecule has 0 fully saturated rings. The fourth-order valence-electron chi connectivity index (χ4n) is 1.10. The molecule has 0 heterocycles. The number of carboxylic acids is 1. The highest BCUT2D eigenvalue weighted by molar-refractivity contribution is 8.04. The predicted molar refractivity (Wildman–Crippen MR) is 69.3 cm³/mol. The maximum atomic E-state index is 11.0. The van der Waals surface area contributed by atoms with Crippen molar-refractivity contribution < 1.29 is 9.90 Å². The zero-order chi connectivity index (χ0) is 11.8. The van der Waals surface area contributed by atoms with Crippen molar-refractivity contribution in [3.63, 3.8) is 0 Å². The van der Waals surface area contributed by atoms with Gasteiger partial charge in [-0.3, -0.25) is 0 Å². The molecule has 1 aromatic carbocycles. The van der Waals surface area contributed by atoms with Crippen molar-refractivity contribution in [1.82, 2.24) is 0 Å². The Morgan fingerprint density at radius 1 is 1.38 bits per heavy atom. The maximum absolute atomic E-state index is 11.0. The van der Waals surface area contributed by atoms with Crippen LogP contribution in [0, 0.1) is 0 Å². The number of aliphatic carboxylic acids is 1. The van der Waals surface area contributed by atoms with Crippen LogP contribution in [0.4, 0.5) is 0 Å². The first-order chi connectivity index (χ1) is 7.74. The SMILES string of the molecule is C/C=C/CS/C(=C/c1ccccc1)C(=O)O. The molecule has 1 rings (SSSR count). The van der Waals surface area contributed by atoms with Crippen LogP contribution in [0.1, 0.15) is 12.5 Å². The number of rotatable bonds is 5. The van der Waals surface area contributed by atoms with Crippen molar-refractivity contribution in [2.24, 2.45) is 0 Å². The minimum atomic E-state index is -0.877. The second-order valence-corrected chi connectivity index (χ2v) is 4.17. The van der Waals surface area contributed by atoms with E-state index in [9.17, 15) is 4.79 Å². The lowest BCUT2D eigenvalue weighted by atomic mass is 10.2. The number of hydrogen-bond donors (Lipinski definition) is 1. The second kappa shape index (κ2) is 6.90. The monoisotopic (exact) mass is 234 g/mol. The molecule has 1 aromatic rings. The van der Waals surface area contributed by atoms with E-state index in [0.29, 0.717) is 10.7 Å². The molecule has 16 heavy (non-hydrogen) atoms. The van der Waals surface area contributed by atoms with Gasteiger partial charge in [0, 0.05) is 5.75 Å². The van der Waals surface area contributed by atoms with Gasteiger partial charge in [-0.1, -0.05) is 42.5 Å². The van der Waals surface area contributed by atoms with Crippen molar-refractivity contribution in [1.29, 1.82) is 0 Å². The number of thioether (sulfide) groups is 1. The van der Waals surface area contributed by atoms with E-state index in [0.717, 1.165) is 5.56 Å². The lowest BCUT2D eigenvalue weighted by Crippen LogP contribution is -1.97. The fourth-order valence-corrected chi connectivity index (χ4v) is 1.91. The van der Waals surface area contributed by atoms with Gasteiger partial charge in [-0.2, -0.15) is 0 Å². The van der Waals surface area contributed by atoms with Crippen LogP contribution in [-0.2, 0) is 4.79 Å². The average Bonchev–Trinajstić information content (AvgIpc) is 2.29. The fraction of sp³-hybridized carbons (Fsp3) is 0.154. The van der Waals surface area contributed by atoms with Crippen molar-refractivity contribution in [3.8, 4) is 0 Å². The lowest BCUT2D eigenvalue weighted by molar-refractivity contribution is -0.131. The van der Waals surface area contributed by atoms with Crippen LogP contribution in [0.15, 0.2) is 47.4 Å². The van der Waals surface area contributed by atoms with Crippen LogP contribution in [-0.4, -0.2) is 16.8 Å². The smallest absolute Gasteiger partial charge is 0.342 e. The van der Waals surface area contributed by atoms with Gasteiger partial charge >= 0.3 is 5.97 Å². The lowest BCUT2D eigenvalue weighted by Gasteiger charge is -2.00. The third kappa shape index (κ3) is 4.36. The molecule has 3 heteroatoms. The van der Waals surface area contributed by atoms with Crippen LogP contribution in [0.25, 0.3) is 6.08 Å². The molecule has 1 N–H and O–H groups in total. The molecular weight excluding hydrogens is 220 g/mol. The molecule has 0 aromatic heterocycles. The Bertz CT molecular complexity index is 394. The molecule has 0 radical (unpaired) electrons. The minimum absolute atomic E-state index is 0.365. The summed E-state index contributed by atoms with van der Waals surface area (Å²) in [6.07, 6.45) is 5.54. The van der Waals surface area contributed by atoms with Gasteiger partial charge in [-0.05, 0) is 18.6 Å². The molecule has 0 saturated heterocycles. The van der Waals surface area contributed by atoms with Crippen molar-refractivity contribution in [2.45, 2.75) is 6.92 Å². The number of allylic oxidation sites excluding steroid dienone is 1. The first kappa shape index (κ1) is 12.6. The summed E-state index contributed by atoms with van der Waals surface area (Å²) in [5, 5.41) is 9.02. The topological polar surface area (TPSA) is 37.3 Å². The van der Waals surface area contributed by atoms with E-state index >= 15 is 0 Å². The van der Waals surface area contributed by atoms with Gasteiger partial charge in [0.25, 0.3) is 0 Å². The summed E-state index contributed by atoms with van der Waals surface area (Å²) >= 11 is 1.32. The molecule has 0 amide bonds. The second-order valence-electron chi connectivity index (χ2n) is 3.10. The molecule has 0 aliphatic carbocycles. The molecule has 0 bridgehead atoms. The van der Waals surface area contributed by atoms with Crippen LogP contribution < -0.4 is 0 Å². The Kier molecular flexibility index (Phi) is 5.43. The Morgan fingerprint density at radius 3 is 2.62 bits per heavy atom. The Morgan fingerprint density at radius 2 is 2.06 bits per heavy atom. The highest BCUT2D eigenvalue weighted by atomic mass is 32.2. The molecule has 0 aliphatic heterocycles. The summed E-state index contributed by atoms with van der Waals surface area (Å²) in [7, 11) is 0. The van der Waals surface area contributed by atoms with Crippen molar-refractivity contribution in [3.05, 3.63) is 53.0 Å². The van der Waals surface area contributed by atoms with E-state index in [1.165, 1.54) is 11.8 Å². The third-order valence-electron chi connectivity index (χ3n) is 1.88. The van der Waals surface area contributed by atoms with Gasteiger partial charge in [-0.25, -0.2) is 4.79 Å². The van der Waals surface area contributed by atoms with E-state index in [-0.39, 0.29) is 0 Å². The molecule has 0 unspecified atom stereocenters. The van der Waals surface area contributed by atoms with Crippen LogP contribution >= 0.6 is 11.8 Å². The van der Waals surface area contributed by atoms with Crippen molar-refractivity contribution >= 4 is 23.8 Å². The van der Waals surface area contributed by atoms with Crippen LogP contribution in [0.5, 0.6) is 0 Å². The highest BCUT2D eigenvalue weighted by Crippen LogP contribution is 2.19. The van der Waals surface area contributed by atoms with E-state index in [1.54, 1.807) is 6.08 Å². The highest BCUT2D eigenvalue weighted by Gasteiger charge is 2.06. The average molecular weight is 234 g/mol. The molecule has 0 aliphatic rings. The van der Waals surface area contributed by atoms with Crippen LogP contribution in [0.3, 0.4) is 0 Å². The summed E-state index contributed by atoms with van der Waals surface area (Å²) in [5.74, 6) is -0.195. The molecule has 2 nitrogen and oxygen atoms in total. The summed E-state index contributed by atoms with van der Waals surface area (Å²) in [6.45, 7) is 1.92. The Hall–Kier alpha value is -1.48. The molecule has 0 atom stereocenters. The first-order valence-electron chi connectivity index (χ1n) is 4.98. The van der Waals surface area contributed by atoms with E-state index < -0.39 is 5.97 Å². The van der Waals surface area contributed by atoms with Gasteiger partial charge < -0.3 is 5.11 Å². The van der Waals surface area contributed by atoms with Gasteiger partial charge in [0.2, 0.25) is 0 Å². The number of benzene rings is 1. The third-order valence-corrected chi connectivity index (χ3v) is 2.84. The van der Waals surface area contributed by atoms with E-state index in [2.05, 4.69) is 0 Å². The zero-order valence-electron chi connectivity index (χ0n) is 9.09. The number of hydrogen-bond acceptors (Lipinski definition) is 2. The quantitative estimate of drug-likeness (QED) is 0.626. The molecular formula is C13H14O2S. The first-order valence-corrected chi connectivity index (χ1v) is 5.96. The predicted octanol–water partition coefficient (Wildman–Crippen LogP) is 3.42. The van der Waals surface area contributed by atoms with Gasteiger partial charge in [0.05, 0.1) is 4.91 Å². The number of carboxylic acid groups (broad SMARTS) is 1. The van der Waals surface area contributed by atoms with Crippen LogP contribution in [0.2, 0.25) is 0 Å². The Labute approximate surface area is 99.7 Å². The van der Waals surface area contributed by atoms with Crippen molar-refractivity contribution in [2.75, 3.05) is 5.75 Å². The standard InChI is InChI=1S/C13H14O2S/c1-2-3-9-16-12(13(14)15)10-11-7-5-4-6-8-11/h2-8,10H,9H2,1H3,(H,14,15)/b3-2+,12-10+. The zero-order valence-corrected chi connectivity index (χ0v) is 9.91. The van der Waals surface area contributed by atoms with Gasteiger partial charge in [0.15, 0.2) is 0 Å². The van der Waals surface area contributed by atoms with Gasteiger partial charge in [-0.15, -0.1) is 11.8 Å². The van der Waals surface area contributed by atoms with E-state index in [4.69, 9.17) is 5.11 Å². The summed E-state index contributed by atoms with van der Waals surface area (Å²) < 4.78 is 0. The summed E-state index contributed by atoms with van der Waals surface area (Å²) in [5.41, 5.74) is 0.910. The Balaban J connectivity index is 2.77. The minimum Gasteiger partial charge on any atom is -0.477 e. The molecule has 0 saturated carbocycles. The normalized spacial score (nSPS) is 11.9. The largest absolute Gasteiger partial charge is 0.477 e. The van der Waals surface area contributed by atoms with E-state index in [1.807, 2.05) is 49.4 Å².